The molecule has 0 bridgehead atoms. The predicted octanol–water partition coefficient (Wildman–Crippen LogP) is 2.81. The Kier molecular flexibility index (Phi) is 8.40. The number of nitrogens with zero attached hydrogens (tertiary/aromatic N) is 2. The standard InChI is InChI=1S/C20H29N5O.HI/c1-3-21-20(24-14-18(26)25-11-4-5-12-25)22-10-9-16-13-23-17-8-6-7-15(2)19(16)17;/h6-8,13,23H,3-5,9-12,14H2,1-2H3,(H2,21,22,24);1H. The Bertz CT molecular complexity index is 780. The van der Waals surface area contributed by atoms with E-state index in [0.717, 1.165) is 45.4 Å². The number of carbonyl (C=O) groups is 1. The highest BCUT2D eigenvalue weighted by atomic mass is 127. The van der Waals surface area contributed by atoms with E-state index in [0.29, 0.717) is 5.96 Å². The van der Waals surface area contributed by atoms with E-state index in [-0.39, 0.29) is 36.4 Å². The van der Waals surface area contributed by atoms with Gasteiger partial charge in [-0.1, -0.05) is 12.1 Å². The summed E-state index contributed by atoms with van der Waals surface area (Å²) in [6.45, 7) is 7.67. The molecule has 0 unspecified atom stereocenters. The minimum Gasteiger partial charge on any atom is -0.361 e. The highest BCUT2D eigenvalue weighted by Gasteiger charge is 2.17. The molecule has 1 fully saturated rings. The number of aliphatic imine (C=N–C) groups is 1. The number of hydrogen-bond donors (Lipinski definition) is 3. The Labute approximate surface area is 178 Å². The molecule has 0 saturated carbocycles. The first-order valence-corrected chi connectivity index (χ1v) is 9.54. The van der Waals surface area contributed by atoms with E-state index in [9.17, 15) is 4.79 Å². The number of rotatable bonds is 6. The summed E-state index contributed by atoms with van der Waals surface area (Å²) in [7, 11) is 0. The number of carbonyl (C=O) groups excluding carboxylic acids is 1. The first kappa shape index (κ1) is 21.5. The normalized spacial score (nSPS) is 14.3. The third-order valence-corrected chi connectivity index (χ3v) is 4.86. The van der Waals surface area contributed by atoms with Crippen molar-refractivity contribution in [2.45, 2.75) is 33.1 Å². The minimum atomic E-state index is 0. The van der Waals surface area contributed by atoms with Crippen LogP contribution in [0.25, 0.3) is 10.9 Å². The fraction of sp³-hybridized carbons (Fsp3) is 0.500. The fourth-order valence-corrected chi connectivity index (χ4v) is 3.52. The summed E-state index contributed by atoms with van der Waals surface area (Å²) in [4.78, 5) is 21.9. The van der Waals surface area contributed by atoms with Gasteiger partial charge in [-0.3, -0.25) is 4.79 Å². The molecule has 2 heterocycles. The van der Waals surface area contributed by atoms with E-state index >= 15 is 0 Å². The van der Waals surface area contributed by atoms with Gasteiger partial charge in [0.05, 0.1) is 0 Å². The first-order valence-electron chi connectivity index (χ1n) is 9.54. The van der Waals surface area contributed by atoms with Gasteiger partial charge in [-0.2, -0.15) is 0 Å². The molecule has 0 aliphatic carbocycles. The van der Waals surface area contributed by atoms with E-state index in [1.54, 1.807) is 0 Å². The lowest BCUT2D eigenvalue weighted by atomic mass is 10.1. The Hall–Kier alpha value is -1.77. The van der Waals surface area contributed by atoms with Crippen LogP contribution in [-0.2, 0) is 11.2 Å². The summed E-state index contributed by atoms with van der Waals surface area (Å²) in [5.41, 5.74) is 3.77. The lowest BCUT2D eigenvalue weighted by molar-refractivity contribution is -0.128. The van der Waals surface area contributed by atoms with Crippen LogP contribution < -0.4 is 10.6 Å². The van der Waals surface area contributed by atoms with E-state index in [4.69, 9.17) is 0 Å². The molecule has 3 N–H and O–H groups in total. The van der Waals surface area contributed by atoms with Crippen molar-refractivity contribution >= 4 is 46.7 Å². The molecule has 0 spiro atoms. The monoisotopic (exact) mass is 483 g/mol. The van der Waals surface area contributed by atoms with Gasteiger partial charge in [-0.25, -0.2) is 4.99 Å². The topological polar surface area (TPSA) is 72.5 Å². The molecule has 0 radical (unpaired) electrons. The van der Waals surface area contributed by atoms with Crippen molar-refractivity contribution in [3.63, 3.8) is 0 Å². The average molecular weight is 483 g/mol. The molecule has 7 heteroatoms. The zero-order valence-corrected chi connectivity index (χ0v) is 18.5. The van der Waals surface area contributed by atoms with E-state index < -0.39 is 0 Å². The van der Waals surface area contributed by atoms with Gasteiger partial charge >= 0.3 is 0 Å². The van der Waals surface area contributed by atoms with Crippen LogP contribution in [0.2, 0.25) is 0 Å². The van der Waals surface area contributed by atoms with Crippen LogP contribution in [0.3, 0.4) is 0 Å². The van der Waals surface area contributed by atoms with E-state index in [1.165, 1.54) is 22.0 Å². The highest BCUT2D eigenvalue weighted by Crippen LogP contribution is 2.22. The highest BCUT2D eigenvalue weighted by molar-refractivity contribution is 14.0. The maximum Gasteiger partial charge on any atom is 0.244 e. The quantitative estimate of drug-likeness (QED) is 0.336. The largest absolute Gasteiger partial charge is 0.361 e. The fourth-order valence-electron chi connectivity index (χ4n) is 3.52. The number of hydrogen-bond acceptors (Lipinski definition) is 2. The molecule has 1 aromatic heterocycles. The molecule has 3 rings (SSSR count). The van der Waals surface area contributed by atoms with Crippen molar-refractivity contribution in [2.24, 2.45) is 4.99 Å². The number of halogens is 1. The molecule has 1 aliphatic heterocycles. The van der Waals surface area contributed by atoms with Gasteiger partial charge in [0.15, 0.2) is 5.96 Å². The summed E-state index contributed by atoms with van der Waals surface area (Å²) in [6.07, 6.45) is 5.20. The first-order chi connectivity index (χ1) is 12.7. The van der Waals surface area contributed by atoms with Gasteiger partial charge < -0.3 is 20.5 Å². The van der Waals surface area contributed by atoms with Crippen molar-refractivity contribution in [2.75, 3.05) is 32.7 Å². The van der Waals surface area contributed by atoms with Crippen molar-refractivity contribution < 1.29 is 4.79 Å². The number of benzene rings is 1. The minimum absolute atomic E-state index is 0. The lowest BCUT2D eigenvalue weighted by Gasteiger charge is -2.15. The van der Waals surface area contributed by atoms with Gasteiger partial charge in [0.2, 0.25) is 5.91 Å². The van der Waals surface area contributed by atoms with Crippen LogP contribution in [0, 0.1) is 6.92 Å². The number of nitrogens with one attached hydrogen (secondary N) is 3. The van der Waals surface area contributed by atoms with Crippen LogP contribution in [0.1, 0.15) is 30.9 Å². The van der Waals surface area contributed by atoms with Gasteiger partial charge in [0.1, 0.15) is 6.54 Å². The Morgan fingerprint density at radius 1 is 1.26 bits per heavy atom. The van der Waals surface area contributed by atoms with Crippen LogP contribution >= 0.6 is 24.0 Å². The second-order valence-electron chi connectivity index (χ2n) is 6.77. The molecule has 0 atom stereocenters. The van der Waals surface area contributed by atoms with Gasteiger partial charge in [0, 0.05) is 43.3 Å². The number of aryl methyl sites for hydroxylation is 1. The molecular formula is C20H30IN5O. The van der Waals surface area contributed by atoms with Gasteiger partial charge in [-0.05, 0) is 50.3 Å². The van der Waals surface area contributed by atoms with Gasteiger partial charge in [0.25, 0.3) is 0 Å². The zero-order valence-electron chi connectivity index (χ0n) is 16.2. The average Bonchev–Trinajstić information content (AvgIpc) is 3.30. The second kappa shape index (κ2) is 10.5. The maximum atomic E-state index is 12.2. The number of fused-ring (bicyclic) bond motifs is 1. The smallest absolute Gasteiger partial charge is 0.244 e. The summed E-state index contributed by atoms with van der Waals surface area (Å²) >= 11 is 0. The number of guanidine groups is 1. The van der Waals surface area contributed by atoms with Crippen molar-refractivity contribution in [1.29, 1.82) is 0 Å². The van der Waals surface area contributed by atoms with Crippen LogP contribution in [0.4, 0.5) is 0 Å². The molecular weight excluding hydrogens is 453 g/mol. The number of amides is 1. The van der Waals surface area contributed by atoms with Crippen molar-refractivity contribution in [3.8, 4) is 0 Å². The van der Waals surface area contributed by atoms with Crippen molar-refractivity contribution in [1.82, 2.24) is 20.5 Å². The second-order valence-corrected chi connectivity index (χ2v) is 6.77. The number of aromatic nitrogens is 1. The number of H-pyrrole nitrogens is 1. The lowest BCUT2D eigenvalue weighted by Crippen LogP contribution is -2.39. The predicted molar refractivity (Wildman–Crippen MR) is 122 cm³/mol. The molecule has 1 aromatic carbocycles. The Balaban J connectivity index is 0.00000261. The van der Waals surface area contributed by atoms with E-state index in [1.807, 2.05) is 11.8 Å². The molecule has 1 amide bonds. The summed E-state index contributed by atoms with van der Waals surface area (Å²) in [6, 6.07) is 6.32. The Morgan fingerprint density at radius 3 is 2.78 bits per heavy atom. The van der Waals surface area contributed by atoms with E-state index in [2.05, 4.69) is 51.9 Å². The number of likely N-dealkylation sites (tertiary alicyclic amines) is 1. The third kappa shape index (κ3) is 5.60. The molecule has 2 aromatic rings. The van der Waals surface area contributed by atoms with Crippen LogP contribution in [-0.4, -0.2) is 54.5 Å². The molecule has 6 nitrogen and oxygen atoms in total. The van der Waals surface area contributed by atoms with Crippen LogP contribution in [0.5, 0.6) is 0 Å². The third-order valence-electron chi connectivity index (χ3n) is 4.86. The molecule has 148 valence electrons. The van der Waals surface area contributed by atoms with Gasteiger partial charge in [-0.15, -0.1) is 24.0 Å². The molecule has 1 saturated heterocycles. The zero-order chi connectivity index (χ0) is 18.4. The molecule has 1 aliphatic rings. The summed E-state index contributed by atoms with van der Waals surface area (Å²) in [5.74, 6) is 0.823. The van der Waals surface area contributed by atoms with Crippen molar-refractivity contribution in [3.05, 3.63) is 35.5 Å². The van der Waals surface area contributed by atoms with Crippen LogP contribution in [0.15, 0.2) is 29.4 Å². The Morgan fingerprint density at radius 2 is 2.04 bits per heavy atom. The summed E-state index contributed by atoms with van der Waals surface area (Å²) in [5, 5.41) is 7.87. The maximum absolute atomic E-state index is 12.2. The summed E-state index contributed by atoms with van der Waals surface area (Å²) < 4.78 is 0. The SMILES string of the molecule is CCNC(=NCC(=O)N1CCCC1)NCCc1c[nH]c2cccc(C)c12.I. The number of aromatic amines is 1. The molecule has 27 heavy (non-hydrogen) atoms.